The van der Waals surface area contributed by atoms with Gasteiger partial charge in [-0.25, -0.2) is 0 Å². The molecule has 2 aromatic rings. The van der Waals surface area contributed by atoms with Gasteiger partial charge in [-0.2, -0.15) is 0 Å². The van der Waals surface area contributed by atoms with Crippen LogP contribution in [0.1, 0.15) is 24.8 Å². The number of likely N-dealkylation sites (tertiary alicyclic amines) is 1. The van der Waals surface area contributed by atoms with Crippen LogP contribution in [0.15, 0.2) is 48.8 Å². The van der Waals surface area contributed by atoms with Gasteiger partial charge in [-0.3, -0.25) is 14.7 Å². The van der Waals surface area contributed by atoms with Gasteiger partial charge in [-0.05, 0) is 23.8 Å². The second-order valence-corrected chi connectivity index (χ2v) is 6.64. The molecule has 5 nitrogen and oxygen atoms in total. The molecule has 0 atom stereocenters. The zero-order chi connectivity index (χ0) is 16.4. The zero-order valence-electron chi connectivity index (χ0n) is 13.6. The Morgan fingerprint density at radius 2 is 2.00 bits per heavy atom. The summed E-state index contributed by atoms with van der Waals surface area (Å²) in [6.45, 7) is 2.74. The molecule has 0 aliphatic carbocycles. The number of para-hydroxylation sites is 2. The first-order valence-corrected chi connectivity index (χ1v) is 8.42. The Balaban J connectivity index is 1.47. The smallest absolute Gasteiger partial charge is 0.228 e. The van der Waals surface area contributed by atoms with E-state index < -0.39 is 0 Å². The van der Waals surface area contributed by atoms with Crippen molar-refractivity contribution in [3.63, 3.8) is 0 Å². The molecule has 3 heterocycles. The van der Waals surface area contributed by atoms with Crippen molar-refractivity contribution >= 4 is 11.6 Å². The number of carbonyl (C=O) groups is 1. The molecule has 1 saturated heterocycles. The molecule has 5 heteroatoms. The molecular formula is C19H21N3O2. The lowest BCUT2D eigenvalue weighted by Gasteiger charge is -2.40. The van der Waals surface area contributed by atoms with Crippen LogP contribution >= 0.6 is 0 Å². The minimum atomic E-state index is -0.387. The maximum atomic E-state index is 12.3. The van der Waals surface area contributed by atoms with E-state index in [-0.39, 0.29) is 11.5 Å². The number of pyridine rings is 1. The second-order valence-electron chi connectivity index (χ2n) is 6.64. The average molecular weight is 323 g/mol. The Bertz CT molecular complexity index is 724. The highest BCUT2D eigenvalue weighted by Gasteiger charge is 2.40. The first-order chi connectivity index (χ1) is 11.7. The topological polar surface area (TPSA) is 54.5 Å². The Labute approximate surface area is 141 Å². The van der Waals surface area contributed by atoms with Gasteiger partial charge in [0.05, 0.1) is 12.1 Å². The van der Waals surface area contributed by atoms with Gasteiger partial charge >= 0.3 is 0 Å². The van der Waals surface area contributed by atoms with Gasteiger partial charge < -0.3 is 10.1 Å². The standard InChI is InChI=1S/C19H21N3O2/c23-18-12-19(24-17-6-2-1-5-16(17)21-18)7-10-22(11-8-19)14-15-4-3-9-20-13-15/h1-6,9,13H,7-8,10-12,14H2,(H,21,23). The fraction of sp³-hybridized carbons (Fsp3) is 0.368. The molecule has 0 bridgehead atoms. The number of amides is 1. The molecule has 124 valence electrons. The van der Waals surface area contributed by atoms with E-state index >= 15 is 0 Å². The van der Waals surface area contributed by atoms with Crippen molar-refractivity contribution in [3.8, 4) is 5.75 Å². The predicted molar refractivity (Wildman–Crippen MR) is 91.8 cm³/mol. The largest absolute Gasteiger partial charge is 0.484 e. The molecule has 1 aromatic carbocycles. The monoisotopic (exact) mass is 323 g/mol. The summed E-state index contributed by atoms with van der Waals surface area (Å²) in [7, 11) is 0. The number of fused-ring (bicyclic) bond motifs is 1. The van der Waals surface area contributed by atoms with E-state index in [9.17, 15) is 4.79 Å². The first-order valence-electron chi connectivity index (χ1n) is 8.42. The van der Waals surface area contributed by atoms with Crippen molar-refractivity contribution in [2.24, 2.45) is 0 Å². The minimum absolute atomic E-state index is 0.0423. The fourth-order valence-electron chi connectivity index (χ4n) is 3.56. The highest BCUT2D eigenvalue weighted by Crippen LogP contribution is 2.38. The van der Waals surface area contributed by atoms with E-state index in [0.29, 0.717) is 6.42 Å². The number of nitrogens with one attached hydrogen (secondary N) is 1. The van der Waals surface area contributed by atoms with E-state index in [1.807, 2.05) is 36.5 Å². The quantitative estimate of drug-likeness (QED) is 0.923. The predicted octanol–water partition coefficient (Wildman–Crippen LogP) is 2.84. The molecule has 1 N–H and O–H groups in total. The molecule has 1 aromatic heterocycles. The van der Waals surface area contributed by atoms with Crippen molar-refractivity contribution in [1.29, 1.82) is 0 Å². The summed E-state index contributed by atoms with van der Waals surface area (Å²) in [4.78, 5) is 18.9. The van der Waals surface area contributed by atoms with Crippen molar-refractivity contribution in [3.05, 3.63) is 54.4 Å². The molecule has 1 amide bonds. The maximum Gasteiger partial charge on any atom is 0.228 e. The number of nitrogens with zero attached hydrogens (tertiary/aromatic N) is 2. The van der Waals surface area contributed by atoms with Gasteiger partial charge in [0.15, 0.2) is 0 Å². The van der Waals surface area contributed by atoms with Crippen molar-refractivity contribution in [2.75, 3.05) is 18.4 Å². The molecule has 0 unspecified atom stereocenters. The van der Waals surface area contributed by atoms with E-state index in [0.717, 1.165) is 43.9 Å². The highest BCUT2D eigenvalue weighted by molar-refractivity contribution is 5.93. The fourth-order valence-corrected chi connectivity index (χ4v) is 3.56. The Hall–Kier alpha value is -2.40. The maximum absolute atomic E-state index is 12.3. The highest BCUT2D eigenvalue weighted by atomic mass is 16.5. The van der Waals surface area contributed by atoms with Crippen LogP contribution in [0, 0.1) is 0 Å². The van der Waals surface area contributed by atoms with E-state index in [1.165, 1.54) is 5.56 Å². The van der Waals surface area contributed by atoms with Crippen molar-refractivity contribution in [1.82, 2.24) is 9.88 Å². The number of ether oxygens (including phenoxy) is 1. The number of benzene rings is 1. The number of hydrogen-bond donors (Lipinski definition) is 1. The van der Waals surface area contributed by atoms with Gasteiger partial charge in [0, 0.05) is 44.9 Å². The minimum Gasteiger partial charge on any atom is -0.484 e. The van der Waals surface area contributed by atoms with Crippen molar-refractivity contribution < 1.29 is 9.53 Å². The normalized spacial score (nSPS) is 19.9. The first kappa shape index (κ1) is 15.1. The van der Waals surface area contributed by atoms with Crippen molar-refractivity contribution in [2.45, 2.75) is 31.4 Å². The molecular weight excluding hydrogens is 302 g/mol. The van der Waals surface area contributed by atoms with Crippen LogP contribution in [0.2, 0.25) is 0 Å². The van der Waals surface area contributed by atoms with Crippen LogP contribution in [0.4, 0.5) is 5.69 Å². The third kappa shape index (κ3) is 3.12. The second kappa shape index (κ2) is 6.24. The number of anilines is 1. The lowest BCUT2D eigenvalue weighted by Crippen LogP contribution is -2.48. The molecule has 24 heavy (non-hydrogen) atoms. The van der Waals surface area contributed by atoms with Crippen LogP contribution in [0.25, 0.3) is 0 Å². The van der Waals surface area contributed by atoms with Gasteiger partial charge in [0.25, 0.3) is 0 Å². The summed E-state index contributed by atoms with van der Waals surface area (Å²) in [6.07, 6.45) is 5.84. The number of carbonyl (C=O) groups excluding carboxylic acids is 1. The summed E-state index contributed by atoms with van der Waals surface area (Å²) in [6, 6.07) is 11.8. The summed E-state index contributed by atoms with van der Waals surface area (Å²) in [5, 5.41) is 2.96. The molecule has 0 radical (unpaired) electrons. The zero-order valence-corrected chi connectivity index (χ0v) is 13.6. The molecule has 2 aliphatic heterocycles. The third-order valence-electron chi connectivity index (χ3n) is 4.87. The Morgan fingerprint density at radius 1 is 1.17 bits per heavy atom. The summed E-state index contributed by atoms with van der Waals surface area (Å²) in [5.41, 5.74) is 1.61. The summed E-state index contributed by atoms with van der Waals surface area (Å²) >= 11 is 0. The molecule has 0 saturated carbocycles. The molecule has 1 fully saturated rings. The van der Waals surface area contributed by atoms with Gasteiger partial charge in [-0.15, -0.1) is 0 Å². The van der Waals surface area contributed by atoms with Crippen LogP contribution in [-0.2, 0) is 11.3 Å². The summed E-state index contributed by atoms with van der Waals surface area (Å²) in [5.74, 6) is 0.824. The molecule has 2 aliphatic rings. The van der Waals surface area contributed by atoms with Crippen LogP contribution < -0.4 is 10.1 Å². The lowest BCUT2D eigenvalue weighted by molar-refractivity contribution is -0.121. The Morgan fingerprint density at radius 3 is 2.79 bits per heavy atom. The molecule has 4 rings (SSSR count). The van der Waals surface area contributed by atoms with Crippen LogP contribution in [-0.4, -0.2) is 34.5 Å². The number of piperidine rings is 1. The van der Waals surface area contributed by atoms with Gasteiger partial charge in [0.1, 0.15) is 11.4 Å². The van der Waals surface area contributed by atoms with Gasteiger partial charge in [-0.1, -0.05) is 18.2 Å². The average Bonchev–Trinajstić information content (AvgIpc) is 2.73. The lowest BCUT2D eigenvalue weighted by atomic mass is 9.87. The third-order valence-corrected chi connectivity index (χ3v) is 4.87. The van der Waals surface area contributed by atoms with Crippen LogP contribution in [0.3, 0.4) is 0 Å². The van der Waals surface area contributed by atoms with Gasteiger partial charge in [0.2, 0.25) is 5.91 Å². The summed E-state index contributed by atoms with van der Waals surface area (Å²) < 4.78 is 6.33. The SMILES string of the molecule is O=C1CC2(CCN(Cc3cccnc3)CC2)Oc2ccccc2N1. The molecule has 1 spiro atoms. The van der Waals surface area contributed by atoms with E-state index in [4.69, 9.17) is 4.74 Å². The van der Waals surface area contributed by atoms with E-state index in [1.54, 1.807) is 6.20 Å². The number of rotatable bonds is 2. The number of aromatic nitrogens is 1. The Kier molecular flexibility index (Phi) is 3.94. The van der Waals surface area contributed by atoms with E-state index in [2.05, 4.69) is 21.3 Å². The van der Waals surface area contributed by atoms with Crippen LogP contribution in [0.5, 0.6) is 5.75 Å². The number of hydrogen-bond acceptors (Lipinski definition) is 4.